The Morgan fingerprint density at radius 2 is 2.31 bits per heavy atom. The Labute approximate surface area is 97.7 Å². The molecule has 0 saturated heterocycles. The summed E-state index contributed by atoms with van der Waals surface area (Å²) in [5.74, 6) is 1.54. The Balaban J connectivity index is 2.10. The van der Waals surface area contributed by atoms with E-state index in [0.717, 1.165) is 11.4 Å². The lowest BCUT2D eigenvalue weighted by atomic mass is 10.3. The largest absolute Gasteiger partial charge is 0.362 e. The van der Waals surface area contributed by atoms with E-state index in [1.54, 1.807) is 12.5 Å². The van der Waals surface area contributed by atoms with E-state index in [0.29, 0.717) is 12.4 Å². The predicted octanol–water partition coefficient (Wildman–Crippen LogP) is 1.18. The van der Waals surface area contributed by atoms with Gasteiger partial charge in [-0.3, -0.25) is 0 Å². The van der Waals surface area contributed by atoms with Gasteiger partial charge in [0.1, 0.15) is 12.1 Å². The van der Waals surface area contributed by atoms with Crippen LogP contribution in [0.4, 0.5) is 5.82 Å². The molecule has 0 fully saturated rings. The second-order valence-electron chi connectivity index (χ2n) is 3.38. The van der Waals surface area contributed by atoms with Gasteiger partial charge in [0.25, 0.3) is 0 Å². The summed E-state index contributed by atoms with van der Waals surface area (Å²) in [7, 11) is 1.89. The zero-order valence-corrected chi connectivity index (χ0v) is 9.73. The number of aromatic nitrogens is 5. The first-order valence-corrected chi connectivity index (χ1v) is 5.10. The molecule has 0 aliphatic carbocycles. The average Bonchev–Trinajstić information content (AvgIpc) is 2.66. The Kier molecular flexibility index (Phi) is 3.00. The van der Waals surface area contributed by atoms with Crippen LogP contribution in [0.1, 0.15) is 11.4 Å². The lowest BCUT2D eigenvalue weighted by molar-refractivity contribution is 0.809. The Morgan fingerprint density at radius 3 is 3.00 bits per heavy atom. The molecule has 0 unspecified atom stereocenters. The molecule has 0 bridgehead atoms. The highest BCUT2D eigenvalue weighted by Gasteiger charge is 2.04. The Bertz CT molecular complexity index is 494. The monoisotopic (exact) mass is 238 g/mol. The van der Waals surface area contributed by atoms with Crippen molar-refractivity contribution in [2.24, 2.45) is 7.05 Å². The molecule has 2 heterocycles. The molecule has 0 saturated carbocycles. The topological polar surface area (TPSA) is 68.5 Å². The standard InChI is InChI=1S/C9H11ClN6/c1-6-3-12-9(10)14-8(6)11-4-7-15-13-5-16(7)2/h3,5H,4H2,1-2H3,(H,11,12,14). The van der Waals surface area contributed by atoms with Crippen LogP contribution in [-0.4, -0.2) is 24.7 Å². The minimum Gasteiger partial charge on any atom is -0.362 e. The summed E-state index contributed by atoms with van der Waals surface area (Å²) in [6.07, 6.45) is 3.32. The highest BCUT2D eigenvalue weighted by molar-refractivity contribution is 6.28. The average molecular weight is 239 g/mol. The lowest BCUT2D eigenvalue weighted by Gasteiger charge is -2.07. The maximum atomic E-state index is 5.71. The maximum Gasteiger partial charge on any atom is 0.224 e. The minimum atomic E-state index is 0.228. The fourth-order valence-corrected chi connectivity index (χ4v) is 1.36. The van der Waals surface area contributed by atoms with Crippen LogP contribution in [0, 0.1) is 6.92 Å². The quantitative estimate of drug-likeness (QED) is 0.814. The fourth-order valence-electron chi connectivity index (χ4n) is 1.23. The van der Waals surface area contributed by atoms with Crippen LogP contribution in [0.3, 0.4) is 0 Å². The minimum absolute atomic E-state index is 0.228. The van der Waals surface area contributed by atoms with Gasteiger partial charge >= 0.3 is 0 Å². The van der Waals surface area contributed by atoms with Gasteiger partial charge in [-0.2, -0.15) is 0 Å². The SMILES string of the molecule is Cc1cnc(Cl)nc1NCc1nncn1C. The van der Waals surface area contributed by atoms with Crippen LogP contribution in [0.2, 0.25) is 5.28 Å². The van der Waals surface area contributed by atoms with Crippen molar-refractivity contribution in [2.75, 3.05) is 5.32 Å². The summed E-state index contributed by atoms with van der Waals surface area (Å²) in [6, 6.07) is 0. The first-order valence-electron chi connectivity index (χ1n) is 4.72. The van der Waals surface area contributed by atoms with Crippen molar-refractivity contribution < 1.29 is 0 Å². The van der Waals surface area contributed by atoms with E-state index in [1.165, 1.54) is 0 Å². The molecule has 2 aromatic rings. The third-order valence-corrected chi connectivity index (χ3v) is 2.34. The number of nitrogens with zero attached hydrogens (tertiary/aromatic N) is 5. The molecule has 84 valence electrons. The molecule has 6 nitrogen and oxygen atoms in total. The Morgan fingerprint density at radius 1 is 1.50 bits per heavy atom. The summed E-state index contributed by atoms with van der Waals surface area (Å²) in [6.45, 7) is 2.46. The number of anilines is 1. The summed E-state index contributed by atoms with van der Waals surface area (Å²) in [5.41, 5.74) is 0.937. The van der Waals surface area contributed by atoms with Gasteiger partial charge in [0.05, 0.1) is 6.54 Å². The van der Waals surface area contributed by atoms with Crippen molar-refractivity contribution in [2.45, 2.75) is 13.5 Å². The van der Waals surface area contributed by atoms with Crippen LogP contribution >= 0.6 is 11.6 Å². The number of rotatable bonds is 3. The van der Waals surface area contributed by atoms with Crippen molar-refractivity contribution in [3.8, 4) is 0 Å². The van der Waals surface area contributed by atoms with Gasteiger partial charge in [0.2, 0.25) is 5.28 Å². The first kappa shape index (κ1) is 10.8. The van der Waals surface area contributed by atoms with Gasteiger partial charge in [-0.05, 0) is 18.5 Å². The van der Waals surface area contributed by atoms with Crippen molar-refractivity contribution in [3.05, 3.63) is 29.2 Å². The molecule has 2 rings (SSSR count). The van der Waals surface area contributed by atoms with E-state index >= 15 is 0 Å². The molecule has 1 N–H and O–H groups in total. The van der Waals surface area contributed by atoms with Gasteiger partial charge in [0, 0.05) is 18.8 Å². The van der Waals surface area contributed by atoms with Crippen molar-refractivity contribution in [1.29, 1.82) is 0 Å². The Hall–Kier alpha value is -1.69. The second-order valence-corrected chi connectivity index (χ2v) is 3.72. The zero-order valence-electron chi connectivity index (χ0n) is 8.98. The molecular formula is C9H11ClN6. The summed E-state index contributed by atoms with van der Waals surface area (Å²) in [5, 5.41) is 11.1. The number of hydrogen-bond donors (Lipinski definition) is 1. The summed E-state index contributed by atoms with van der Waals surface area (Å²) >= 11 is 5.71. The molecule has 0 aliphatic heterocycles. The van der Waals surface area contributed by atoms with E-state index in [-0.39, 0.29) is 5.28 Å². The number of hydrogen-bond acceptors (Lipinski definition) is 5. The molecule has 0 spiro atoms. The highest BCUT2D eigenvalue weighted by Crippen LogP contribution is 2.13. The van der Waals surface area contributed by atoms with Gasteiger partial charge in [0.15, 0.2) is 5.82 Å². The molecule has 16 heavy (non-hydrogen) atoms. The van der Waals surface area contributed by atoms with E-state index < -0.39 is 0 Å². The third kappa shape index (κ3) is 2.27. The van der Waals surface area contributed by atoms with Gasteiger partial charge < -0.3 is 9.88 Å². The number of halogens is 1. The molecule has 0 atom stereocenters. The lowest BCUT2D eigenvalue weighted by Crippen LogP contribution is -2.08. The van der Waals surface area contributed by atoms with Crippen LogP contribution < -0.4 is 5.32 Å². The van der Waals surface area contributed by atoms with Gasteiger partial charge in [-0.15, -0.1) is 10.2 Å². The molecule has 0 amide bonds. The van der Waals surface area contributed by atoms with E-state index in [9.17, 15) is 0 Å². The summed E-state index contributed by atoms with van der Waals surface area (Å²) < 4.78 is 1.84. The maximum absolute atomic E-state index is 5.71. The molecule has 0 aliphatic rings. The molecule has 7 heteroatoms. The van der Waals surface area contributed by atoms with Crippen LogP contribution in [0.5, 0.6) is 0 Å². The zero-order chi connectivity index (χ0) is 11.5. The molecule has 0 aromatic carbocycles. The van der Waals surface area contributed by atoms with Gasteiger partial charge in [-0.1, -0.05) is 0 Å². The van der Waals surface area contributed by atoms with E-state index in [1.807, 2.05) is 18.5 Å². The van der Waals surface area contributed by atoms with Crippen molar-refractivity contribution in [3.63, 3.8) is 0 Å². The normalized spacial score (nSPS) is 10.4. The number of aryl methyl sites for hydroxylation is 2. The summed E-state index contributed by atoms with van der Waals surface area (Å²) in [4.78, 5) is 7.97. The fraction of sp³-hybridized carbons (Fsp3) is 0.333. The molecule has 2 aromatic heterocycles. The highest BCUT2D eigenvalue weighted by atomic mass is 35.5. The van der Waals surface area contributed by atoms with Crippen molar-refractivity contribution in [1.82, 2.24) is 24.7 Å². The molecular weight excluding hydrogens is 228 g/mol. The van der Waals surface area contributed by atoms with Crippen LogP contribution in [-0.2, 0) is 13.6 Å². The van der Waals surface area contributed by atoms with Crippen molar-refractivity contribution >= 4 is 17.4 Å². The first-order chi connectivity index (χ1) is 7.66. The molecule has 0 radical (unpaired) electrons. The predicted molar refractivity (Wildman–Crippen MR) is 60.1 cm³/mol. The third-order valence-electron chi connectivity index (χ3n) is 2.16. The van der Waals surface area contributed by atoms with Crippen LogP contribution in [0.15, 0.2) is 12.5 Å². The van der Waals surface area contributed by atoms with Gasteiger partial charge in [-0.25, -0.2) is 9.97 Å². The smallest absolute Gasteiger partial charge is 0.224 e. The van der Waals surface area contributed by atoms with E-state index in [4.69, 9.17) is 11.6 Å². The van der Waals surface area contributed by atoms with E-state index in [2.05, 4.69) is 25.5 Å². The second kappa shape index (κ2) is 4.44. The van der Waals surface area contributed by atoms with Crippen LogP contribution in [0.25, 0.3) is 0 Å². The number of nitrogens with one attached hydrogen (secondary N) is 1.